The third kappa shape index (κ3) is 4.03. The summed E-state index contributed by atoms with van der Waals surface area (Å²) in [6, 6.07) is 3.66. The fourth-order valence-electron chi connectivity index (χ4n) is 1.44. The highest BCUT2D eigenvalue weighted by molar-refractivity contribution is 5.93. The molecule has 0 aliphatic carbocycles. The molecule has 1 aromatic heterocycles. The van der Waals surface area contributed by atoms with Crippen molar-refractivity contribution in [2.24, 2.45) is 0 Å². The van der Waals surface area contributed by atoms with Crippen LogP contribution in [0, 0.1) is 0 Å². The van der Waals surface area contributed by atoms with Crippen molar-refractivity contribution >= 4 is 11.7 Å². The van der Waals surface area contributed by atoms with Crippen molar-refractivity contribution in [1.29, 1.82) is 0 Å². The SMILES string of the molecule is CCOC(=O)c1ncccc1N[C@@H](C)COC. The molecule has 0 radical (unpaired) electrons. The van der Waals surface area contributed by atoms with Crippen molar-refractivity contribution in [3.05, 3.63) is 24.0 Å². The molecular weight excluding hydrogens is 220 g/mol. The molecule has 1 rings (SSSR count). The monoisotopic (exact) mass is 238 g/mol. The quantitative estimate of drug-likeness (QED) is 0.764. The molecule has 0 bridgehead atoms. The Morgan fingerprint density at radius 3 is 3.00 bits per heavy atom. The van der Waals surface area contributed by atoms with Crippen LogP contribution in [0.3, 0.4) is 0 Å². The standard InChI is InChI=1S/C12H18N2O3/c1-4-17-12(15)11-10(6-5-7-13-11)14-9(2)8-16-3/h5-7,9,14H,4,8H2,1-3H3/t9-/m0/s1. The second-order valence-electron chi connectivity index (χ2n) is 3.62. The maximum absolute atomic E-state index is 11.6. The number of methoxy groups -OCH3 is 1. The third-order valence-corrected chi connectivity index (χ3v) is 2.10. The number of nitrogens with zero attached hydrogens (tertiary/aromatic N) is 1. The summed E-state index contributed by atoms with van der Waals surface area (Å²) in [4.78, 5) is 15.7. The highest BCUT2D eigenvalue weighted by atomic mass is 16.5. The van der Waals surface area contributed by atoms with Gasteiger partial charge in [0, 0.05) is 19.3 Å². The normalized spacial score (nSPS) is 11.9. The van der Waals surface area contributed by atoms with E-state index in [1.54, 1.807) is 32.4 Å². The highest BCUT2D eigenvalue weighted by Gasteiger charge is 2.14. The van der Waals surface area contributed by atoms with E-state index < -0.39 is 5.97 Å². The first kappa shape index (κ1) is 13.4. The van der Waals surface area contributed by atoms with Crippen LogP contribution < -0.4 is 5.32 Å². The first-order valence-corrected chi connectivity index (χ1v) is 5.56. The van der Waals surface area contributed by atoms with Crippen molar-refractivity contribution in [3.8, 4) is 0 Å². The minimum Gasteiger partial charge on any atom is -0.461 e. The highest BCUT2D eigenvalue weighted by Crippen LogP contribution is 2.14. The Hall–Kier alpha value is -1.62. The molecule has 5 nitrogen and oxygen atoms in total. The van der Waals surface area contributed by atoms with Crippen LogP contribution in [0.4, 0.5) is 5.69 Å². The van der Waals surface area contributed by atoms with Gasteiger partial charge in [-0.05, 0) is 26.0 Å². The van der Waals surface area contributed by atoms with Gasteiger partial charge in [0.1, 0.15) is 0 Å². The number of hydrogen-bond acceptors (Lipinski definition) is 5. The lowest BCUT2D eigenvalue weighted by molar-refractivity contribution is 0.0520. The number of nitrogens with one attached hydrogen (secondary N) is 1. The van der Waals surface area contributed by atoms with Crippen molar-refractivity contribution in [2.45, 2.75) is 19.9 Å². The van der Waals surface area contributed by atoms with E-state index in [1.165, 1.54) is 0 Å². The van der Waals surface area contributed by atoms with Crippen molar-refractivity contribution in [1.82, 2.24) is 4.98 Å². The third-order valence-electron chi connectivity index (χ3n) is 2.10. The van der Waals surface area contributed by atoms with Crippen LogP contribution in [0.1, 0.15) is 24.3 Å². The number of rotatable bonds is 6. The number of hydrogen-bond donors (Lipinski definition) is 1. The molecular formula is C12H18N2O3. The van der Waals surface area contributed by atoms with Crippen LogP contribution in [-0.4, -0.2) is 37.3 Å². The summed E-state index contributed by atoms with van der Waals surface area (Å²) in [5, 5.41) is 3.16. The molecule has 0 saturated carbocycles. The molecule has 1 atom stereocenters. The van der Waals surface area contributed by atoms with Gasteiger partial charge in [-0.1, -0.05) is 0 Å². The van der Waals surface area contributed by atoms with Crippen molar-refractivity contribution in [2.75, 3.05) is 25.6 Å². The Balaban J connectivity index is 2.80. The van der Waals surface area contributed by atoms with E-state index in [1.807, 2.05) is 6.92 Å². The van der Waals surface area contributed by atoms with E-state index in [9.17, 15) is 4.79 Å². The lowest BCUT2D eigenvalue weighted by Gasteiger charge is -2.15. The van der Waals surface area contributed by atoms with Crippen LogP contribution in [-0.2, 0) is 9.47 Å². The molecule has 94 valence electrons. The zero-order valence-corrected chi connectivity index (χ0v) is 10.4. The van der Waals surface area contributed by atoms with Gasteiger partial charge in [-0.2, -0.15) is 0 Å². The molecule has 0 spiro atoms. The summed E-state index contributed by atoms with van der Waals surface area (Å²) in [6.45, 7) is 4.62. The van der Waals surface area contributed by atoms with Crippen LogP contribution in [0.5, 0.6) is 0 Å². The van der Waals surface area contributed by atoms with E-state index >= 15 is 0 Å². The van der Waals surface area contributed by atoms with Crippen LogP contribution in [0.15, 0.2) is 18.3 Å². The lowest BCUT2D eigenvalue weighted by atomic mass is 10.2. The largest absolute Gasteiger partial charge is 0.461 e. The fourth-order valence-corrected chi connectivity index (χ4v) is 1.44. The zero-order valence-electron chi connectivity index (χ0n) is 10.4. The maximum Gasteiger partial charge on any atom is 0.359 e. The molecule has 1 aromatic rings. The van der Waals surface area contributed by atoms with Gasteiger partial charge < -0.3 is 14.8 Å². The van der Waals surface area contributed by atoms with E-state index in [4.69, 9.17) is 9.47 Å². The summed E-state index contributed by atoms with van der Waals surface area (Å²) < 4.78 is 9.96. The summed E-state index contributed by atoms with van der Waals surface area (Å²) in [5.74, 6) is -0.416. The molecule has 0 aliphatic rings. The average molecular weight is 238 g/mol. The second kappa shape index (κ2) is 6.85. The first-order valence-electron chi connectivity index (χ1n) is 5.56. The van der Waals surface area contributed by atoms with Crippen LogP contribution in [0.2, 0.25) is 0 Å². The van der Waals surface area contributed by atoms with Crippen molar-refractivity contribution in [3.63, 3.8) is 0 Å². The van der Waals surface area contributed by atoms with Gasteiger partial charge in [0.2, 0.25) is 0 Å². The van der Waals surface area contributed by atoms with Gasteiger partial charge in [-0.15, -0.1) is 0 Å². The minimum atomic E-state index is -0.416. The van der Waals surface area contributed by atoms with E-state index in [-0.39, 0.29) is 6.04 Å². The Kier molecular flexibility index (Phi) is 5.42. The first-order chi connectivity index (χ1) is 8.19. The summed E-state index contributed by atoms with van der Waals surface area (Å²) in [5.41, 5.74) is 0.966. The summed E-state index contributed by atoms with van der Waals surface area (Å²) >= 11 is 0. The molecule has 0 saturated heterocycles. The molecule has 1 heterocycles. The van der Waals surface area contributed by atoms with Gasteiger partial charge in [-0.25, -0.2) is 9.78 Å². The smallest absolute Gasteiger partial charge is 0.359 e. The molecule has 5 heteroatoms. The number of aromatic nitrogens is 1. The number of ether oxygens (including phenoxy) is 2. The van der Waals surface area contributed by atoms with Gasteiger partial charge in [-0.3, -0.25) is 0 Å². The zero-order chi connectivity index (χ0) is 12.7. The Morgan fingerprint density at radius 2 is 2.35 bits per heavy atom. The van der Waals surface area contributed by atoms with Crippen LogP contribution >= 0.6 is 0 Å². The van der Waals surface area contributed by atoms with Gasteiger partial charge in [0.05, 0.1) is 18.9 Å². The second-order valence-corrected chi connectivity index (χ2v) is 3.62. The van der Waals surface area contributed by atoms with Gasteiger partial charge >= 0.3 is 5.97 Å². The van der Waals surface area contributed by atoms with Gasteiger partial charge in [0.15, 0.2) is 5.69 Å². The number of pyridine rings is 1. The molecule has 0 aliphatic heterocycles. The number of carbonyl (C=O) groups is 1. The lowest BCUT2D eigenvalue weighted by Crippen LogP contribution is -2.23. The predicted molar refractivity (Wildman–Crippen MR) is 65.2 cm³/mol. The molecule has 1 N–H and O–H groups in total. The topological polar surface area (TPSA) is 60.5 Å². The predicted octanol–water partition coefficient (Wildman–Crippen LogP) is 1.71. The Bertz CT molecular complexity index is 369. The molecule has 0 amide bonds. The fraction of sp³-hybridized carbons (Fsp3) is 0.500. The number of anilines is 1. The minimum absolute atomic E-state index is 0.0948. The number of carbonyl (C=O) groups excluding carboxylic acids is 1. The molecule has 0 unspecified atom stereocenters. The van der Waals surface area contributed by atoms with E-state index in [2.05, 4.69) is 10.3 Å². The average Bonchev–Trinajstić information content (AvgIpc) is 2.30. The van der Waals surface area contributed by atoms with E-state index in [0.29, 0.717) is 24.6 Å². The molecule has 0 fully saturated rings. The molecule has 0 aromatic carbocycles. The number of esters is 1. The Labute approximate surface area is 101 Å². The van der Waals surface area contributed by atoms with Crippen LogP contribution in [0.25, 0.3) is 0 Å². The van der Waals surface area contributed by atoms with Gasteiger partial charge in [0.25, 0.3) is 0 Å². The summed E-state index contributed by atoms with van der Waals surface area (Å²) in [6.07, 6.45) is 1.57. The Morgan fingerprint density at radius 1 is 1.59 bits per heavy atom. The van der Waals surface area contributed by atoms with Crippen molar-refractivity contribution < 1.29 is 14.3 Å². The summed E-state index contributed by atoms with van der Waals surface area (Å²) in [7, 11) is 1.63. The molecule has 17 heavy (non-hydrogen) atoms. The maximum atomic E-state index is 11.6. The van der Waals surface area contributed by atoms with E-state index in [0.717, 1.165) is 0 Å².